The van der Waals surface area contributed by atoms with Gasteiger partial charge in [0.05, 0.1) is 26.3 Å². The van der Waals surface area contributed by atoms with E-state index in [0.717, 1.165) is 17.2 Å². The Kier molecular flexibility index (Phi) is 8.30. The Morgan fingerprint density at radius 1 is 0.909 bits per heavy atom. The number of methoxy groups -OCH3 is 3. The van der Waals surface area contributed by atoms with E-state index >= 15 is 0 Å². The maximum absolute atomic E-state index is 14.0. The van der Waals surface area contributed by atoms with Crippen molar-refractivity contribution in [2.75, 3.05) is 26.6 Å². The van der Waals surface area contributed by atoms with Crippen molar-refractivity contribution in [3.63, 3.8) is 0 Å². The van der Waals surface area contributed by atoms with E-state index in [1.54, 1.807) is 39.3 Å². The van der Waals surface area contributed by atoms with Gasteiger partial charge >= 0.3 is 0 Å². The molecule has 2 aliphatic rings. The molecule has 2 N–H and O–H groups in total. The van der Waals surface area contributed by atoms with E-state index < -0.39 is 28.2 Å². The van der Waals surface area contributed by atoms with Crippen LogP contribution in [0.2, 0.25) is 0 Å². The molecule has 2 atom stereocenters. The third-order valence-corrected chi connectivity index (χ3v) is 8.07. The molecule has 0 saturated heterocycles. The first-order valence-electron chi connectivity index (χ1n) is 13.9. The summed E-state index contributed by atoms with van der Waals surface area (Å²) < 4.78 is 16.0. The largest absolute Gasteiger partial charge is 0.865 e. The van der Waals surface area contributed by atoms with Crippen LogP contribution in [-0.4, -0.2) is 37.9 Å². The van der Waals surface area contributed by atoms with E-state index in [4.69, 9.17) is 14.2 Å². The number of rotatable bonds is 8. The first-order valence-corrected chi connectivity index (χ1v) is 13.9. The molecule has 0 bridgehead atoms. The van der Waals surface area contributed by atoms with E-state index in [9.17, 15) is 24.8 Å². The number of allylic oxidation sites excluding steroid dienone is 3. The standard InChI is InChI=1S/C33H33N3O8/c1-17-6-9-22(10-7-17)35-33(39)29-18(2)34-23-12-20(19-8-11-26(42-3)27(15-19)43-4)14-25(37)31(23)30(29)21-13-24(36(40)41)32(38)28(16-21)44-5/h6-11,13,15-16,20,30,34,38H,12,14H2,1-5H3,(H,35,39)/p-1. The van der Waals surface area contributed by atoms with Crippen LogP contribution in [0.4, 0.5) is 11.4 Å². The van der Waals surface area contributed by atoms with Gasteiger partial charge in [0.2, 0.25) is 0 Å². The Labute approximate surface area is 254 Å². The second kappa shape index (κ2) is 12.1. The maximum Gasteiger partial charge on any atom is 0.265 e. The molecule has 1 heterocycles. The second-order valence-corrected chi connectivity index (χ2v) is 10.8. The number of ether oxygens (including phenoxy) is 3. The number of aryl methyl sites for hydroxylation is 1. The van der Waals surface area contributed by atoms with Crippen molar-refractivity contribution in [2.45, 2.75) is 38.5 Å². The molecule has 0 radical (unpaired) electrons. The Hall–Kier alpha value is -5.32. The smallest absolute Gasteiger partial charge is 0.265 e. The lowest BCUT2D eigenvalue weighted by Gasteiger charge is -2.37. The van der Waals surface area contributed by atoms with E-state index in [0.29, 0.717) is 40.6 Å². The van der Waals surface area contributed by atoms with Gasteiger partial charge in [-0.15, -0.1) is 0 Å². The SMILES string of the molecule is COc1ccc(C2CC(=O)C3=C(C2)NC(C)=C(C(=O)Nc2ccc(C)cc2)C3c2cc(OC)c([O-])c([N+](=O)[O-])c2)cc1OC. The Morgan fingerprint density at radius 2 is 1.57 bits per heavy atom. The van der Waals surface area contributed by atoms with Gasteiger partial charge < -0.3 is 30.0 Å². The van der Waals surface area contributed by atoms with Crippen LogP contribution in [0.5, 0.6) is 23.0 Å². The Balaban J connectivity index is 1.63. The number of nitrogens with one attached hydrogen (secondary N) is 2. The fourth-order valence-corrected chi connectivity index (χ4v) is 5.91. The van der Waals surface area contributed by atoms with Crippen LogP contribution >= 0.6 is 0 Å². The third kappa shape index (κ3) is 5.56. The summed E-state index contributed by atoms with van der Waals surface area (Å²) in [6.45, 7) is 3.65. The van der Waals surface area contributed by atoms with Gasteiger partial charge in [-0.05, 0) is 67.6 Å². The molecule has 3 aromatic carbocycles. The van der Waals surface area contributed by atoms with Gasteiger partial charge in [-0.2, -0.15) is 0 Å². The topological polar surface area (TPSA) is 152 Å². The van der Waals surface area contributed by atoms with E-state index in [1.165, 1.54) is 13.2 Å². The minimum Gasteiger partial charge on any atom is -0.865 e. The summed E-state index contributed by atoms with van der Waals surface area (Å²) in [6.07, 6.45) is 0.549. The van der Waals surface area contributed by atoms with Gasteiger partial charge in [-0.25, -0.2) is 0 Å². The van der Waals surface area contributed by atoms with E-state index in [-0.39, 0.29) is 35.0 Å². The number of anilines is 1. The molecule has 11 heteroatoms. The number of nitrogens with zero attached hydrogens (tertiary/aromatic N) is 1. The zero-order valence-electron chi connectivity index (χ0n) is 25.0. The highest BCUT2D eigenvalue weighted by Gasteiger charge is 2.42. The van der Waals surface area contributed by atoms with Crippen LogP contribution in [0.15, 0.2) is 77.1 Å². The first-order chi connectivity index (χ1) is 21.1. The highest BCUT2D eigenvalue weighted by molar-refractivity contribution is 6.10. The van der Waals surface area contributed by atoms with Crippen LogP contribution in [0.3, 0.4) is 0 Å². The lowest BCUT2D eigenvalue weighted by molar-refractivity contribution is -0.398. The first kappa shape index (κ1) is 30.1. The second-order valence-electron chi connectivity index (χ2n) is 10.8. The highest BCUT2D eigenvalue weighted by Crippen LogP contribution is 2.48. The lowest BCUT2D eigenvalue weighted by atomic mass is 9.71. The summed E-state index contributed by atoms with van der Waals surface area (Å²) >= 11 is 0. The van der Waals surface area contributed by atoms with Crippen molar-refractivity contribution in [1.29, 1.82) is 0 Å². The molecule has 0 aromatic heterocycles. The van der Waals surface area contributed by atoms with Gasteiger partial charge in [-0.3, -0.25) is 19.7 Å². The molecule has 228 valence electrons. The predicted molar refractivity (Wildman–Crippen MR) is 161 cm³/mol. The minimum absolute atomic E-state index is 0.122. The van der Waals surface area contributed by atoms with Crippen LogP contribution in [0.25, 0.3) is 0 Å². The van der Waals surface area contributed by atoms with Crippen molar-refractivity contribution in [3.8, 4) is 23.0 Å². The number of carbonyl (C=O) groups is 2. The average Bonchev–Trinajstić information content (AvgIpc) is 3.00. The van der Waals surface area contributed by atoms with Gasteiger partial charge in [0.1, 0.15) is 5.75 Å². The van der Waals surface area contributed by atoms with Gasteiger partial charge in [0, 0.05) is 52.4 Å². The van der Waals surface area contributed by atoms with Gasteiger partial charge in [-0.1, -0.05) is 23.8 Å². The molecule has 1 aliphatic heterocycles. The van der Waals surface area contributed by atoms with Crippen molar-refractivity contribution < 1.29 is 33.8 Å². The number of carbonyl (C=O) groups excluding carboxylic acids is 2. The number of hydrogen-bond donors (Lipinski definition) is 2. The quantitative estimate of drug-likeness (QED) is 0.269. The number of hydrogen-bond acceptors (Lipinski definition) is 9. The fourth-order valence-electron chi connectivity index (χ4n) is 5.91. The van der Waals surface area contributed by atoms with Crippen LogP contribution in [0, 0.1) is 17.0 Å². The highest BCUT2D eigenvalue weighted by atomic mass is 16.6. The van der Waals surface area contributed by atoms with E-state index in [1.807, 2.05) is 31.2 Å². The number of nitro benzene ring substituents is 1. The molecule has 1 amide bonds. The predicted octanol–water partition coefficient (Wildman–Crippen LogP) is 5.00. The molecule has 11 nitrogen and oxygen atoms in total. The van der Waals surface area contributed by atoms with Gasteiger partial charge in [0.25, 0.3) is 11.6 Å². The summed E-state index contributed by atoms with van der Waals surface area (Å²) in [5.74, 6) is -1.97. The molecule has 2 unspecified atom stereocenters. The summed E-state index contributed by atoms with van der Waals surface area (Å²) in [5, 5.41) is 30.8. The van der Waals surface area contributed by atoms with Crippen molar-refractivity contribution >= 4 is 23.1 Å². The summed E-state index contributed by atoms with van der Waals surface area (Å²) in [7, 11) is 4.33. The fraction of sp³-hybridized carbons (Fsp3) is 0.273. The zero-order chi connectivity index (χ0) is 31.7. The number of amides is 1. The average molecular weight is 599 g/mol. The Bertz CT molecular complexity index is 1730. The van der Waals surface area contributed by atoms with Crippen molar-refractivity contribution in [1.82, 2.24) is 5.32 Å². The molecule has 44 heavy (non-hydrogen) atoms. The van der Waals surface area contributed by atoms with Gasteiger partial charge in [0.15, 0.2) is 17.3 Å². The molecule has 0 spiro atoms. The maximum atomic E-state index is 14.0. The van der Waals surface area contributed by atoms with Crippen molar-refractivity contribution in [3.05, 3.63) is 104 Å². The van der Waals surface area contributed by atoms with Crippen LogP contribution in [0.1, 0.15) is 48.3 Å². The molecule has 0 fully saturated rings. The molecular weight excluding hydrogens is 566 g/mol. The monoisotopic (exact) mass is 598 g/mol. The lowest BCUT2D eigenvalue weighted by Crippen LogP contribution is -2.37. The number of dihydropyridines is 1. The van der Waals surface area contributed by atoms with Crippen LogP contribution in [-0.2, 0) is 9.59 Å². The summed E-state index contributed by atoms with van der Waals surface area (Å²) in [5.41, 5.74) is 3.55. The molecule has 5 rings (SSSR count). The number of benzene rings is 3. The molecule has 0 saturated carbocycles. The number of ketones is 1. The zero-order valence-corrected chi connectivity index (χ0v) is 25.0. The number of nitro groups is 1. The third-order valence-electron chi connectivity index (χ3n) is 8.07. The Morgan fingerprint density at radius 3 is 2.20 bits per heavy atom. The summed E-state index contributed by atoms with van der Waals surface area (Å²) in [6, 6.07) is 15.2. The normalized spacial score (nSPS) is 17.9. The number of Topliss-reactive ketones (excluding diaryl/α,β-unsaturated/α-hetero) is 1. The van der Waals surface area contributed by atoms with E-state index in [2.05, 4.69) is 10.6 Å². The molecular formula is C33H32N3O8-. The molecule has 3 aromatic rings. The van der Waals surface area contributed by atoms with Crippen molar-refractivity contribution in [2.24, 2.45) is 0 Å². The van der Waals surface area contributed by atoms with Crippen LogP contribution < -0.4 is 30.0 Å². The minimum atomic E-state index is -0.997. The molecule has 1 aliphatic carbocycles. The summed E-state index contributed by atoms with van der Waals surface area (Å²) in [4.78, 5) is 39.0.